The van der Waals surface area contributed by atoms with Gasteiger partial charge in [0.15, 0.2) is 5.78 Å². The van der Waals surface area contributed by atoms with Crippen molar-refractivity contribution in [3.05, 3.63) is 59.1 Å². The highest BCUT2D eigenvalue weighted by atomic mass is 35.5. The zero-order valence-electron chi connectivity index (χ0n) is 14.0. The van der Waals surface area contributed by atoms with Gasteiger partial charge < -0.3 is 10.1 Å². The Hall–Kier alpha value is -1.93. The van der Waals surface area contributed by atoms with E-state index in [1.54, 1.807) is 18.2 Å². The topological polar surface area (TPSA) is 75.7 Å². The lowest BCUT2D eigenvalue weighted by atomic mass is 10.1. The molecule has 26 heavy (non-hydrogen) atoms. The highest BCUT2D eigenvalue weighted by Gasteiger charge is 2.26. The lowest BCUT2D eigenvalue weighted by Crippen LogP contribution is -2.40. The second-order valence-electron chi connectivity index (χ2n) is 5.83. The number of hydrogen-bond donors (Lipinski definition) is 1. The molecule has 1 aliphatic rings. The quantitative estimate of drug-likeness (QED) is 0.762. The third-order valence-electron chi connectivity index (χ3n) is 4.06. The first-order valence-electron chi connectivity index (χ1n) is 8.17. The van der Waals surface area contributed by atoms with Crippen LogP contribution in [0.4, 0.5) is 5.69 Å². The third-order valence-corrected chi connectivity index (χ3v) is 6.21. The standard InChI is InChI=1S/C18H19ClN2O4S/c19-15-2-1-3-16(12-15)20-13-18(22)14-4-6-17(7-5-14)26(23,24)21-8-10-25-11-9-21/h1-7,12,20H,8-11,13H2. The molecule has 6 nitrogen and oxygen atoms in total. The van der Waals surface area contributed by atoms with Gasteiger partial charge in [-0.3, -0.25) is 4.79 Å². The Labute approximate surface area is 157 Å². The molecule has 8 heteroatoms. The molecule has 1 heterocycles. The van der Waals surface area contributed by atoms with Gasteiger partial charge in [0.05, 0.1) is 24.7 Å². The summed E-state index contributed by atoms with van der Waals surface area (Å²) in [5.41, 5.74) is 1.19. The second-order valence-corrected chi connectivity index (χ2v) is 8.20. The molecule has 0 radical (unpaired) electrons. The SMILES string of the molecule is O=C(CNc1cccc(Cl)c1)c1ccc(S(=O)(=O)N2CCOCC2)cc1. The molecule has 0 atom stereocenters. The van der Waals surface area contributed by atoms with Crippen LogP contribution >= 0.6 is 11.6 Å². The van der Waals surface area contributed by atoms with Crippen LogP contribution in [0.1, 0.15) is 10.4 Å². The second kappa shape index (κ2) is 8.18. The molecule has 3 rings (SSSR count). The number of ether oxygens (including phenoxy) is 1. The minimum Gasteiger partial charge on any atom is -0.379 e. The summed E-state index contributed by atoms with van der Waals surface area (Å²) in [7, 11) is -3.55. The zero-order chi connectivity index (χ0) is 18.6. The van der Waals surface area contributed by atoms with E-state index in [0.717, 1.165) is 5.69 Å². The number of benzene rings is 2. The van der Waals surface area contributed by atoms with E-state index in [1.165, 1.54) is 28.6 Å². The fourth-order valence-corrected chi connectivity index (χ4v) is 4.23. The molecular weight excluding hydrogens is 376 g/mol. The highest BCUT2D eigenvalue weighted by molar-refractivity contribution is 7.89. The summed E-state index contributed by atoms with van der Waals surface area (Å²) < 4.78 is 31.7. The molecule has 0 unspecified atom stereocenters. The van der Waals surface area contributed by atoms with Crippen molar-refractivity contribution in [2.75, 3.05) is 38.2 Å². The molecular formula is C18H19ClN2O4S. The Bertz CT molecular complexity index is 878. The number of hydrogen-bond acceptors (Lipinski definition) is 5. The molecule has 0 spiro atoms. The van der Waals surface area contributed by atoms with Gasteiger partial charge in [-0.1, -0.05) is 17.7 Å². The van der Waals surface area contributed by atoms with Crippen molar-refractivity contribution in [2.24, 2.45) is 0 Å². The minimum atomic E-state index is -3.55. The van der Waals surface area contributed by atoms with Gasteiger partial charge in [0.1, 0.15) is 0 Å². The number of ketones is 1. The first-order chi connectivity index (χ1) is 12.5. The molecule has 0 bridgehead atoms. The maximum atomic E-state index is 12.6. The average molecular weight is 395 g/mol. The average Bonchev–Trinajstić information content (AvgIpc) is 2.67. The molecule has 2 aromatic carbocycles. The Morgan fingerprint density at radius 1 is 1.12 bits per heavy atom. The van der Waals surface area contributed by atoms with Crippen LogP contribution < -0.4 is 5.32 Å². The summed E-state index contributed by atoms with van der Waals surface area (Å²) >= 11 is 5.91. The van der Waals surface area contributed by atoms with E-state index in [1.807, 2.05) is 6.07 Å². The highest BCUT2D eigenvalue weighted by Crippen LogP contribution is 2.18. The fraction of sp³-hybridized carbons (Fsp3) is 0.278. The van der Waals surface area contributed by atoms with Crippen LogP contribution in [-0.4, -0.2) is 51.4 Å². The van der Waals surface area contributed by atoms with Gasteiger partial charge >= 0.3 is 0 Å². The van der Waals surface area contributed by atoms with Gasteiger partial charge in [0.2, 0.25) is 10.0 Å². The van der Waals surface area contributed by atoms with Crippen molar-refractivity contribution in [2.45, 2.75) is 4.90 Å². The van der Waals surface area contributed by atoms with Crippen molar-refractivity contribution in [1.29, 1.82) is 0 Å². The number of carbonyl (C=O) groups excluding carboxylic acids is 1. The van der Waals surface area contributed by atoms with Crippen LogP contribution in [0.3, 0.4) is 0 Å². The first kappa shape index (κ1) is 18.8. The van der Waals surface area contributed by atoms with Crippen molar-refractivity contribution in [1.82, 2.24) is 4.31 Å². The van der Waals surface area contributed by atoms with Crippen LogP contribution in [0.2, 0.25) is 5.02 Å². The molecule has 1 saturated heterocycles. The van der Waals surface area contributed by atoms with E-state index in [4.69, 9.17) is 16.3 Å². The predicted molar refractivity (Wildman–Crippen MR) is 100 cm³/mol. The number of anilines is 1. The van der Waals surface area contributed by atoms with Crippen LogP contribution in [-0.2, 0) is 14.8 Å². The summed E-state index contributed by atoms with van der Waals surface area (Å²) in [6.45, 7) is 1.56. The van der Waals surface area contributed by atoms with E-state index in [-0.39, 0.29) is 17.2 Å². The third kappa shape index (κ3) is 4.42. The normalized spacial score (nSPS) is 15.6. The van der Waals surface area contributed by atoms with Gasteiger partial charge in [-0.05, 0) is 42.5 Å². The van der Waals surface area contributed by atoms with Gasteiger partial charge in [0.25, 0.3) is 0 Å². The molecule has 0 amide bonds. The van der Waals surface area contributed by atoms with Crippen LogP contribution in [0, 0.1) is 0 Å². The Morgan fingerprint density at radius 3 is 2.46 bits per heavy atom. The Balaban J connectivity index is 1.65. The molecule has 0 aromatic heterocycles. The number of carbonyl (C=O) groups is 1. The maximum Gasteiger partial charge on any atom is 0.243 e. The van der Waals surface area contributed by atoms with E-state index in [2.05, 4.69) is 5.32 Å². The van der Waals surface area contributed by atoms with Gasteiger partial charge in [-0.2, -0.15) is 4.31 Å². The van der Waals surface area contributed by atoms with Crippen molar-refractivity contribution in [3.63, 3.8) is 0 Å². The number of halogens is 1. The Morgan fingerprint density at radius 2 is 1.81 bits per heavy atom. The van der Waals surface area contributed by atoms with E-state index < -0.39 is 10.0 Å². The van der Waals surface area contributed by atoms with E-state index in [9.17, 15) is 13.2 Å². The van der Waals surface area contributed by atoms with Crippen LogP contribution in [0.5, 0.6) is 0 Å². The number of rotatable bonds is 6. The molecule has 1 fully saturated rings. The van der Waals surface area contributed by atoms with E-state index >= 15 is 0 Å². The molecule has 1 N–H and O–H groups in total. The maximum absolute atomic E-state index is 12.6. The Kier molecular flexibility index (Phi) is 5.93. The molecule has 0 aliphatic carbocycles. The number of sulfonamides is 1. The summed E-state index contributed by atoms with van der Waals surface area (Å²) in [6, 6.07) is 13.1. The van der Waals surface area contributed by atoms with Crippen molar-refractivity contribution >= 4 is 33.1 Å². The summed E-state index contributed by atoms with van der Waals surface area (Å²) in [6.07, 6.45) is 0. The lowest BCUT2D eigenvalue weighted by Gasteiger charge is -2.26. The number of Topliss-reactive ketones (excluding diaryl/α,β-unsaturated/α-hetero) is 1. The first-order valence-corrected chi connectivity index (χ1v) is 9.99. The molecule has 0 saturated carbocycles. The van der Waals surface area contributed by atoms with Crippen LogP contribution in [0.25, 0.3) is 0 Å². The predicted octanol–water partition coefficient (Wildman–Crippen LogP) is 2.66. The number of nitrogens with zero attached hydrogens (tertiary/aromatic N) is 1. The lowest BCUT2D eigenvalue weighted by molar-refractivity contribution is 0.0730. The number of nitrogens with one attached hydrogen (secondary N) is 1. The molecule has 138 valence electrons. The summed E-state index contributed by atoms with van der Waals surface area (Å²) in [4.78, 5) is 12.5. The summed E-state index contributed by atoms with van der Waals surface area (Å²) in [5, 5.41) is 3.59. The zero-order valence-corrected chi connectivity index (χ0v) is 15.6. The molecule has 2 aromatic rings. The largest absolute Gasteiger partial charge is 0.379 e. The van der Waals surface area contributed by atoms with Gasteiger partial charge in [-0.25, -0.2) is 8.42 Å². The summed E-state index contributed by atoms with van der Waals surface area (Å²) in [5.74, 6) is -0.139. The number of morpholine rings is 1. The van der Waals surface area contributed by atoms with Gasteiger partial charge in [0, 0.05) is 29.4 Å². The minimum absolute atomic E-state index is 0.0932. The van der Waals surface area contributed by atoms with E-state index in [0.29, 0.717) is 36.9 Å². The van der Waals surface area contributed by atoms with Gasteiger partial charge in [-0.15, -0.1) is 0 Å². The van der Waals surface area contributed by atoms with Crippen molar-refractivity contribution < 1.29 is 17.9 Å². The molecule has 1 aliphatic heterocycles. The van der Waals surface area contributed by atoms with Crippen molar-refractivity contribution in [3.8, 4) is 0 Å². The van der Waals surface area contributed by atoms with Crippen LogP contribution in [0.15, 0.2) is 53.4 Å². The smallest absolute Gasteiger partial charge is 0.243 e. The monoisotopic (exact) mass is 394 g/mol. The fourth-order valence-electron chi connectivity index (χ4n) is 2.63.